The van der Waals surface area contributed by atoms with Crippen LogP contribution in [0, 0.1) is 12.7 Å². The van der Waals surface area contributed by atoms with Crippen LogP contribution in [-0.4, -0.2) is 16.8 Å². The van der Waals surface area contributed by atoms with Crippen LogP contribution in [0.1, 0.15) is 23.6 Å². The van der Waals surface area contributed by atoms with E-state index < -0.39 is 11.9 Å². The molecule has 0 saturated carbocycles. The number of benzene rings is 1. The highest BCUT2D eigenvalue weighted by Gasteiger charge is 2.16. The van der Waals surface area contributed by atoms with E-state index in [0.29, 0.717) is 5.56 Å². The van der Waals surface area contributed by atoms with Crippen LogP contribution in [0.15, 0.2) is 12.1 Å². The molecule has 0 saturated heterocycles. The van der Waals surface area contributed by atoms with Crippen molar-refractivity contribution < 1.29 is 14.6 Å². The first kappa shape index (κ1) is 14.2. The van der Waals surface area contributed by atoms with Crippen molar-refractivity contribution in [1.29, 1.82) is 0 Å². The predicted molar refractivity (Wildman–Crippen MR) is 58.7 cm³/mol. The van der Waals surface area contributed by atoms with E-state index in [4.69, 9.17) is 10.8 Å². The molecule has 0 aliphatic heterocycles. The Balaban J connectivity index is 0.00000196. The van der Waals surface area contributed by atoms with Gasteiger partial charge in [-0.05, 0) is 25.0 Å². The molecule has 1 aromatic rings. The van der Waals surface area contributed by atoms with Gasteiger partial charge in [-0.1, -0.05) is 6.07 Å². The maximum absolute atomic E-state index is 13.3. The van der Waals surface area contributed by atoms with Crippen molar-refractivity contribution in [2.45, 2.75) is 19.4 Å². The van der Waals surface area contributed by atoms with E-state index in [0.717, 1.165) is 0 Å². The van der Waals surface area contributed by atoms with Crippen molar-refractivity contribution in [3.63, 3.8) is 0 Å². The zero-order chi connectivity index (χ0) is 10.7. The van der Waals surface area contributed by atoms with Gasteiger partial charge in [-0.25, -0.2) is 4.39 Å². The lowest BCUT2D eigenvalue weighted by Gasteiger charge is -2.14. The molecular formula is C10H15ClFNO2. The van der Waals surface area contributed by atoms with Crippen LogP contribution in [0.25, 0.3) is 0 Å². The number of aliphatic hydroxyl groups excluding tert-OH is 1. The molecule has 1 rings (SSSR count). The fourth-order valence-corrected chi connectivity index (χ4v) is 1.33. The maximum Gasteiger partial charge on any atom is 0.131 e. The second kappa shape index (κ2) is 5.90. The van der Waals surface area contributed by atoms with Gasteiger partial charge in [0.25, 0.3) is 0 Å². The summed E-state index contributed by atoms with van der Waals surface area (Å²) in [7, 11) is 0. The van der Waals surface area contributed by atoms with Crippen LogP contribution in [0.2, 0.25) is 0 Å². The minimum Gasteiger partial charge on any atom is -0.507 e. The molecule has 0 aliphatic rings. The summed E-state index contributed by atoms with van der Waals surface area (Å²) < 4.78 is 13.3. The lowest BCUT2D eigenvalue weighted by atomic mass is 10.0. The molecule has 15 heavy (non-hydrogen) atoms. The van der Waals surface area contributed by atoms with Gasteiger partial charge in [0, 0.05) is 18.2 Å². The molecule has 0 heterocycles. The molecule has 0 fully saturated rings. The first-order chi connectivity index (χ1) is 6.57. The number of phenolic OH excluding ortho intramolecular Hbond substituents is 1. The molecule has 0 aromatic heterocycles. The zero-order valence-electron chi connectivity index (χ0n) is 8.40. The monoisotopic (exact) mass is 235 g/mol. The Morgan fingerprint density at radius 1 is 1.47 bits per heavy atom. The Hall–Kier alpha value is -0.840. The van der Waals surface area contributed by atoms with Gasteiger partial charge in [0.15, 0.2) is 0 Å². The molecule has 0 radical (unpaired) electrons. The quantitative estimate of drug-likeness (QED) is 0.746. The molecule has 1 atom stereocenters. The highest BCUT2D eigenvalue weighted by Crippen LogP contribution is 2.30. The summed E-state index contributed by atoms with van der Waals surface area (Å²) in [5.74, 6) is -0.653. The van der Waals surface area contributed by atoms with E-state index in [9.17, 15) is 9.50 Å². The predicted octanol–water partition coefficient (Wildman–Crippen LogP) is 1.64. The summed E-state index contributed by atoms with van der Waals surface area (Å²) in [5, 5.41) is 18.2. The van der Waals surface area contributed by atoms with E-state index >= 15 is 0 Å². The Morgan fingerprint density at radius 2 is 2.07 bits per heavy atom. The summed E-state index contributed by atoms with van der Waals surface area (Å²) in [6.07, 6.45) is 0.230. The third-order valence-corrected chi connectivity index (χ3v) is 2.18. The zero-order valence-corrected chi connectivity index (χ0v) is 9.22. The molecule has 5 heteroatoms. The lowest BCUT2D eigenvalue weighted by Crippen LogP contribution is -2.14. The second-order valence-corrected chi connectivity index (χ2v) is 3.25. The smallest absolute Gasteiger partial charge is 0.131 e. The highest BCUT2D eigenvalue weighted by atomic mass is 35.5. The first-order valence-corrected chi connectivity index (χ1v) is 4.42. The minimum absolute atomic E-state index is 0. The summed E-state index contributed by atoms with van der Waals surface area (Å²) in [4.78, 5) is 0. The third kappa shape index (κ3) is 3.06. The van der Waals surface area contributed by atoms with Crippen molar-refractivity contribution in [3.8, 4) is 5.75 Å². The summed E-state index contributed by atoms with van der Waals surface area (Å²) in [5.41, 5.74) is 6.28. The number of hydrogen-bond donors (Lipinski definition) is 3. The van der Waals surface area contributed by atoms with Crippen molar-refractivity contribution in [2.24, 2.45) is 5.73 Å². The van der Waals surface area contributed by atoms with Gasteiger partial charge < -0.3 is 15.9 Å². The van der Waals surface area contributed by atoms with E-state index in [1.54, 1.807) is 6.92 Å². The number of hydrogen-bond acceptors (Lipinski definition) is 3. The topological polar surface area (TPSA) is 66.5 Å². The molecule has 3 nitrogen and oxygen atoms in total. The van der Waals surface area contributed by atoms with Crippen LogP contribution < -0.4 is 5.73 Å². The highest BCUT2D eigenvalue weighted by molar-refractivity contribution is 5.85. The molecule has 0 amide bonds. The third-order valence-electron chi connectivity index (χ3n) is 2.18. The van der Waals surface area contributed by atoms with Crippen LogP contribution in [0.3, 0.4) is 0 Å². The average Bonchev–Trinajstić information content (AvgIpc) is 2.13. The first-order valence-electron chi connectivity index (χ1n) is 4.42. The van der Waals surface area contributed by atoms with E-state index in [1.165, 1.54) is 12.1 Å². The second-order valence-electron chi connectivity index (χ2n) is 3.25. The van der Waals surface area contributed by atoms with Crippen molar-refractivity contribution in [1.82, 2.24) is 0 Å². The van der Waals surface area contributed by atoms with Crippen molar-refractivity contribution >= 4 is 12.4 Å². The van der Waals surface area contributed by atoms with Crippen LogP contribution in [0.5, 0.6) is 5.75 Å². The molecule has 0 bridgehead atoms. The Labute approximate surface area is 94.1 Å². The van der Waals surface area contributed by atoms with Crippen LogP contribution in [0.4, 0.5) is 4.39 Å². The van der Waals surface area contributed by atoms with Crippen LogP contribution in [-0.2, 0) is 0 Å². The van der Waals surface area contributed by atoms with Gasteiger partial charge in [-0.2, -0.15) is 0 Å². The van der Waals surface area contributed by atoms with Crippen molar-refractivity contribution in [3.05, 3.63) is 29.1 Å². The van der Waals surface area contributed by atoms with Gasteiger partial charge in [0.1, 0.15) is 11.6 Å². The Kier molecular flexibility index (Phi) is 5.57. The molecule has 1 aromatic carbocycles. The molecule has 4 N–H and O–H groups in total. The number of aromatic hydroxyl groups is 1. The van der Waals surface area contributed by atoms with Gasteiger partial charge >= 0.3 is 0 Å². The van der Waals surface area contributed by atoms with Gasteiger partial charge in [0.2, 0.25) is 0 Å². The van der Waals surface area contributed by atoms with Gasteiger partial charge in [0.05, 0.1) is 0 Å². The van der Waals surface area contributed by atoms with Crippen molar-refractivity contribution in [2.75, 3.05) is 6.61 Å². The van der Waals surface area contributed by atoms with Crippen LogP contribution >= 0.6 is 12.4 Å². The fourth-order valence-electron chi connectivity index (χ4n) is 1.33. The number of halogens is 2. The van der Waals surface area contributed by atoms with Gasteiger partial charge in [-0.15, -0.1) is 12.4 Å². The fraction of sp³-hybridized carbons (Fsp3) is 0.400. The standard InChI is InChI=1S/C10H14FNO2.ClH/c1-6-2-3-7(11)9(10(6)14)8(12)4-5-13;/h2-3,8,13-14H,4-5,12H2,1H3;1H/t8-;/m0./s1. The average molecular weight is 236 g/mol. The Bertz CT molecular complexity index is 333. The molecule has 0 aliphatic carbocycles. The lowest BCUT2D eigenvalue weighted by molar-refractivity contribution is 0.274. The number of nitrogens with two attached hydrogens (primary N) is 1. The van der Waals surface area contributed by atoms with E-state index in [-0.39, 0.29) is 36.7 Å². The normalized spacial score (nSPS) is 12.0. The molecule has 0 spiro atoms. The number of phenols is 1. The maximum atomic E-state index is 13.3. The summed E-state index contributed by atoms with van der Waals surface area (Å²) >= 11 is 0. The summed E-state index contributed by atoms with van der Waals surface area (Å²) in [6.45, 7) is 1.54. The van der Waals surface area contributed by atoms with E-state index in [2.05, 4.69) is 0 Å². The molecular weight excluding hydrogens is 221 g/mol. The summed E-state index contributed by atoms with van der Waals surface area (Å²) in [6, 6.07) is 2.08. The molecule has 86 valence electrons. The van der Waals surface area contributed by atoms with Gasteiger partial charge in [-0.3, -0.25) is 0 Å². The van der Waals surface area contributed by atoms with E-state index in [1.807, 2.05) is 0 Å². The largest absolute Gasteiger partial charge is 0.507 e. The minimum atomic E-state index is -0.667. The molecule has 0 unspecified atom stereocenters. The number of aryl methyl sites for hydroxylation is 1. The number of aliphatic hydroxyl groups is 1. The SMILES string of the molecule is Cc1ccc(F)c([C@@H](N)CCO)c1O.Cl. The number of rotatable bonds is 3. The Morgan fingerprint density at radius 3 is 2.60 bits per heavy atom.